The molecule has 0 saturated heterocycles. The molecule has 0 unspecified atom stereocenters. The molecule has 0 bridgehead atoms. The third kappa shape index (κ3) is 5.02. The normalized spacial score (nSPS) is 10.0. The second-order valence-electron chi connectivity index (χ2n) is 4.92. The fourth-order valence-corrected chi connectivity index (χ4v) is 2.09. The van der Waals surface area contributed by atoms with Crippen LogP contribution in [0.3, 0.4) is 0 Å². The number of hydrogen-bond acceptors (Lipinski definition) is 4. The summed E-state index contributed by atoms with van der Waals surface area (Å²) in [6.07, 6.45) is 0. The maximum atomic E-state index is 12.8. The summed E-state index contributed by atoms with van der Waals surface area (Å²) in [5.74, 6) is -2.10. The molecule has 130 valence electrons. The zero-order valence-electron chi connectivity index (χ0n) is 13.1. The zero-order valence-corrected chi connectivity index (χ0v) is 13.9. The van der Waals surface area contributed by atoms with Gasteiger partial charge in [-0.2, -0.15) is 0 Å². The largest absolute Gasteiger partial charge is 0.465 e. The van der Waals surface area contributed by atoms with Crippen LogP contribution in [0.5, 0.6) is 0 Å². The van der Waals surface area contributed by atoms with E-state index in [2.05, 4.69) is 15.4 Å². The number of rotatable bonds is 5. The Balaban J connectivity index is 1.97. The highest BCUT2D eigenvalue weighted by molar-refractivity contribution is 6.33. The van der Waals surface area contributed by atoms with Crippen LogP contribution in [0.25, 0.3) is 0 Å². The molecule has 2 aromatic carbocycles. The molecular weight excluding hydrogens is 351 g/mol. The molecule has 2 rings (SSSR count). The van der Waals surface area contributed by atoms with Crippen LogP contribution in [0.4, 0.5) is 10.1 Å². The van der Waals surface area contributed by atoms with Gasteiger partial charge in [-0.15, -0.1) is 0 Å². The lowest BCUT2D eigenvalue weighted by atomic mass is 10.2. The number of nitrogens with one attached hydrogen (secondary N) is 2. The van der Waals surface area contributed by atoms with E-state index in [0.717, 1.165) is 12.1 Å². The monoisotopic (exact) mass is 364 g/mol. The number of methoxy groups -OCH3 is 1. The first-order chi connectivity index (χ1) is 11.9. The van der Waals surface area contributed by atoms with Crippen LogP contribution in [0.1, 0.15) is 20.7 Å². The highest BCUT2D eigenvalue weighted by Gasteiger charge is 2.12. The van der Waals surface area contributed by atoms with Crippen LogP contribution >= 0.6 is 11.6 Å². The molecular formula is C17H14ClFN2O4. The molecule has 8 heteroatoms. The third-order valence-electron chi connectivity index (χ3n) is 3.18. The smallest absolute Gasteiger partial charge is 0.337 e. The summed E-state index contributed by atoms with van der Waals surface area (Å²) < 4.78 is 17.4. The van der Waals surface area contributed by atoms with Crippen LogP contribution in [-0.4, -0.2) is 31.4 Å². The molecule has 0 aliphatic rings. The van der Waals surface area contributed by atoms with Crippen LogP contribution < -0.4 is 10.6 Å². The highest BCUT2D eigenvalue weighted by atomic mass is 35.5. The van der Waals surface area contributed by atoms with Gasteiger partial charge in [-0.05, 0) is 42.5 Å². The maximum absolute atomic E-state index is 12.8. The van der Waals surface area contributed by atoms with E-state index in [1.807, 2.05) is 0 Å². The van der Waals surface area contributed by atoms with Crippen molar-refractivity contribution in [2.24, 2.45) is 0 Å². The van der Waals surface area contributed by atoms with Gasteiger partial charge in [0.2, 0.25) is 5.91 Å². The molecule has 2 aromatic rings. The molecule has 0 aliphatic heterocycles. The lowest BCUT2D eigenvalue weighted by Crippen LogP contribution is -2.32. The van der Waals surface area contributed by atoms with Gasteiger partial charge >= 0.3 is 5.97 Å². The van der Waals surface area contributed by atoms with E-state index in [1.165, 1.54) is 37.4 Å². The van der Waals surface area contributed by atoms with E-state index >= 15 is 0 Å². The topological polar surface area (TPSA) is 84.5 Å². The van der Waals surface area contributed by atoms with E-state index < -0.39 is 23.6 Å². The van der Waals surface area contributed by atoms with Crippen molar-refractivity contribution in [3.8, 4) is 0 Å². The molecule has 2 N–H and O–H groups in total. The Morgan fingerprint density at radius 3 is 2.36 bits per heavy atom. The number of carbonyl (C=O) groups is 3. The van der Waals surface area contributed by atoms with Crippen molar-refractivity contribution in [2.75, 3.05) is 19.0 Å². The molecule has 0 aromatic heterocycles. The van der Waals surface area contributed by atoms with E-state index in [0.29, 0.717) is 0 Å². The van der Waals surface area contributed by atoms with E-state index in [9.17, 15) is 18.8 Å². The fraction of sp³-hybridized carbons (Fsp3) is 0.118. The molecule has 0 spiro atoms. The molecule has 6 nitrogen and oxygen atoms in total. The lowest BCUT2D eigenvalue weighted by Gasteiger charge is -2.10. The Kier molecular flexibility index (Phi) is 6.08. The summed E-state index contributed by atoms with van der Waals surface area (Å²) in [5.41, 5.74) is 0.656. The SMILES string of the molecule is COC(=O)c1ccc(Cl)c(NC(=O)CNC(=O)c2ccc(F)cc2)c1. The first kappa shape index (κ1) is 18.4. The summed E-state index contributed by atoms with van der Waals surface area (Å²) in [6, 6.07) is 9.17. The zero-order chi connectivity index (χ0) is 18.4. The average Bonchev–Trinajstić information content (AvgIpc) is 2.61. The number of anilines is 1. The number of benzene rings is 2. The summed E-state index contributed by atoms with van der Waals surface area (Å²) in [6.45, 7) is -0.324. The van der Waals surface area contributed by atoms with Gasteiger partial charge in [0, 0.05) is 5.56 Å². The Morgan fingerprint density at radius 1 is 1.08 bits per heavy atom. The molecule has 0 fully saturated rings. The molecule has 2 amide bonds. The minimum Gasteiger partial charge on any atom is -0.465 e. The second kappa shape index (κ2) is 8.25. The minimum absolute atomic E-state index is 0.214. The Hall–Kier alpha value is -2.93. The van der Waals surface area contributed by atoms with Crippen molar-refractivity contribution < 1.29 is 23.5 Å². The number of amides is 2. The van der Waals surface area contributed by atoms with Gasteiger partial charge in [-0.1, -0.05) is 11.6 Å². The number of halogens is 2. The van der Waals surface area contributed by atoms with Crippen LogP contribution in [0.15, 0.2) is 42.5 Å². The van der Waals surface area contributed by atoms with Crippen molar-refractivity contribution >= 4 is 35.1 Å². The molecule has 0 atom stereocenters. The first-order valence-electron chi connectivity index (χ1n) is 7.12. The van der Waals surface area contributed by atoms with Gasteiger partial charge < -0.3 is 15.4 Å². The Morgan fingerprint density at radius 2 is 1.72 bits per heavy atom. The summed E-state index contributed by atoms with van der Waals surface area (Å²) in [7, 11) is 1.24. The second-order valence-corrected chi connectivity index (χ2v) is 5.33. The van der Waals surface area contributed by atoms with Gasteiger partial charge in [0.1, 0.15) is 5.82 Å². The summed E-state index contributed by atoms with van der Waals surface area (Å²) in [5, 5.41) is 5.12. The molecule has 0 heterocycles. The predicted molar refractivity (Wildman–Crippen MR) is 90.2 cm³/mol. The van der Waals surface area contributed by atoms with Crippen molar-refractivity contribution in [1.29, 1.82) is 0 Å². The van der Waals surface area contributed by atoms with E-state index in [-0.39, 0.29) is 28.4 Å². The fourth-order valence-electron chi connectivity index (χ4n) is 1.92. The Bertz CT molecular complexity index is 809. The standard InChI is InChI=1S/C17H14ClFN2O4/c1-25-17(24)11-4-7-13(18)14(8-11)21-15(22)9-20-16(23)10-2-5-12(19)6-3-10/h2-8H,9H2,1H3,(H,20,23)(H,21,22). The van der Waals surface area contributed by atoms with E-state index in [4.69, 9.17) is 11.6 Å². The Labute approximate surface area is 147 Å². The number of hydrogen-bond donors (Lipinski definition) is 2. The predicted octanol–water partition coefficient (Wildman–Crippen LogP) is 2.63. The molecule has 0 aliphatic carbocycles. The van der Waals surface area contributed by atoms with Crippen LogP contribution in [0, 0.1) is 5.82 Å². The van der Waals surface area contributed by atoms with Crippen LogP contribution in [-0.2, 0) is 9.53 Å². The number of esters is 1. The van der Waals surface area contributed by atoms with Gasteiger partial charge in [0.25, 0.3) is 5.91 Å². The van der Waals surface area contributed by atoms with Crippen molar-refractivity contribution in [1.82, 2.24) is 5.32 Å². The highest BCUT2D eigenvalue weighted by Crippen LogP contribution is 2.23. The average molecular weight is 365 g/mol. The third-order valence-corrected chi connectivity index (χ3v) is 3.51. The van der Waals surface area contributed by atoms with Gasteiger partial charge in [0.15, 0.2) is 0 Å². The maximum Gasteiger partial charge on any atom is 0.337 e. The number of carbonyl (C=O) groups excluding carboxylic acids is 3. The lowest BCUT2D eigenvalue weighted by molar-refractivity contribution is -0.115. The summed E-state index contributed by atoms with van der Waals surface area (Å²) in [4.78, 5) is 35.3. The van der Waals surface area contributed by atoms with Crippen molar-refractivity contribution in [3.63, 3.8) is 0 Å². The van der Waals surface area contributed by atoms with Crippen LogP contribution in [0.2, 0.25) is 5.02 Å². The van der Waals surface area contributed by atoms with Gasteiger partial charge in [0.05, 0.1) is 29.9 Å². The van der Waals surface area contributed by atoms with Crippen molar-refractivity contribution in [3.05, 3.63) is 64.4 Å². The van der Waals surface area contributed by atoms with Gasteiger partial charge in [-0.25, -0.2) is 9.18 Å². The molecule has 0 radical (unpaired) electrons. The first-order valence-corrected chi connectivity index (χ1v) is 7.50. The molecule has 25 heavy (non-hydrogen) atoms. The number of ether oxygens (including phenoxy) is 1. The summed E-state index contributed by atoms with van der Waals surface area (Å²) >= 11 is 5.97. The quantitative estimate of drug-likeness (QED) is 0.799. The van der Waals surface area contributed by atoms with Crippen molar-refractivity contribution in [2.45, 2.75) is 0 Å². The minimum atomic E-state index is -0.572. The molecule has 0 saturated carbocycles. The van der Waals surface area contributed by atoms with Gasteiger partial charge in [-0.3, -0.25) is 9.59 Å². The van der Waals surface area contributed by atoms with E-state index in [1.54, 1.807) is 0 Å².